The fraction of sp³-hybridized carbons (Fsp3) is 0.100. The molecule has 0 aliphatic carbocycles. The van der Waals surface area contributed by atoms with Crippen LogP contribution in [0.1, 0.15) is 22.3 Å². The average molecular weight is 501 g/mol. The molecule has 1 saturated heterocycles. The van der Waals surface area contributed by atoms with E-state index in [-0.39, 0.29) is 11.1 Å². The quantitative estimate of drug-likeness (QED) is 0.637. The summed E-state index contributed by atoms with van der Waals surface area (Å²) in [4.78, 5) is 24.4. The minimum atomic E-state index is -4.35. The van der Waals surface area contributed by atoms with E-state index < -0.39 is 33.2 Å². The molecular formula is C20H11F3InNO2S. The van der Waals surface area contributed by atoms with E-state index in [9.17, 15) is 22.8 Å². The molecule has 0 aromatic heterocycles. The SMILES string of the molecule is O=C1NC(=O)/C(=[C]2\c3ccc[c]4c3C=[C](Cc3ccc(C(F)(F)F)cc3)[In]24)S1. The van der Waals surface area contributed by atoms with Crippen LogP contribution >= 0.6 is 11.8 Å². The third kappa shape index (κ3) is 2.76. The average Bonchev–Trinajstić information content (AvgIpc) is 3.20. The van der Waals surface area contributed by atoms with E-state index in [1.165, 1.54) is 18.8 Å². The third-order valence-corrected chi connectivity index (χ3v) is 16.5. The number of hydrogen-bond acceptors (Lipinski definition) is 3. The van der Waals surface area contributed by atoms with Gasteiger partial charge in [0.1, 0.15) is 0 Å². The number of nitrogens with one attached hydrogen (secondary N) is 1. The molecule has 0 unspecified atom stereocenters. The molecule has 0 saturated carbocycles. The van der Waals surface area contributed by atoms with Gasteiger partial charge in [0.2, 0.25) is 0 Å². The number of carbonyl (C=O) groups excluding carboxylic acids is 2. The second kappa shape index (κ2) is 6.29. The molecule has 5 rings (SSSR count). The number of thioether (sulfide) groups is 1. The molecule has 0 spiro atoms. The van der Waals surface area contributed by atoms with Crippen molar-refractivity contribution in [3.63, 3.8) is 0 Å². The zero-order valence-electron chi connectivity index (χ0n) is 14.3. The Balaban J connectivity index is 1.52. The maximum absolute atomic E-state index is 12.8. The standard InChI is InChI=1S/C20H11F3NO2S.In/c21-20(22,23)16-10-8-13(9-11-16)4-3-7-14-5-1-2-6-15(14)12-17-18(25)24-19(26)27-17;/h1-2,6-11H,4H2,(H,24,25,26);. The number of rotatable bonds is 2. The van der Waals surface area contributed by atoms with E-state index in [1.807, 2.05) is 12.1 Å². The molecule has 2 amide bonds. The van der Waals surface area contributed by atoms with Gasteiger partial charge in [0.15, 0.2) is 0 Å². The Morgan fingerprint density at radius 1 is 1.04 bits per heavy atom. The summed E-state index contributed by atoms with van der Waals surface area (Å²) in [5, 5.41) is 1.98. The number of hydrogen-bond donors (Lipinski definition) is 1. The topological polar surface area (TPSA) is 46.2 Å². The molecule has 28 heavy (non-hydrogen) atoms. The van der Waals surface area contributed by atoms with E-state index in [1.54, 1.807) is 0 Å². The number of carbonyl (C=O) groups is 2. The number of imide groups is 1. The molecule has 3 aliphatic heterocycles. The molecule has 3 nitrogen and oxygen atoms in total. The molecule has 1 fully saturated rings. The Hall–Kier alpha value is -1.93. The zero-order chi connectivity index (χ0) is 19.6. The number of halogens is 3. The summed E-state index contributed by atoms with van der Waals surface area (Å²) in [6.45, 7) is 0. The van der Waals surface area contributed by atoms with Crippen LogP contribution in [0, 0.1) is 0 Å². The number of benzene rings is 2. The van der Waals surface area contributed by atoms with Crippen LogP contribution in [0.15, 0.2) is 50.7 Å². The normalized spacial score (nSPS) is 20.1. The number of amides is 2. The van der Waals surface area contributed by atoms with Gasteiger partial charge in [-0.15, -0.1) is 0 Å². The summed E-state index contributed by atoms with van der Waals surface area (Å²) in [6.07, 6.45) is -1.63. The fourth-order valence-corrected chi connectivity index (χ4v) is 16.6. The van der Waals surface area contributed by atoms with Gasteiger partial charge in [0.25, 0.3) is 0 Å². The van der Waals surface area contributed by atoms with Gasteiger partial charge in [-0.3, -0.25) is 0 Å². The fourth-order valence-electron chi connectivity index (χ4n) is 4.14. The van der Waals surface area contributed by atoms with Gasteiger partial charge < -0.3 is 0 Å². The molecular weight excluding hydrogens is 490 g/mol. The first-order valence-corrected chi connectivity index (χ1v) is 14.4. The first-order chi connectivity index (χ1) is 13.3. The van der Waals surface area contributed by atoms with Crippen LogP contribution in [0.3, 0.4) is 0 Å². The van der Waals surface area contributed by atoms with Gasteiger partial charge in [0.05, 0.1) is 0 Å². The van der Waals surface area contributed by atoms with Crippen molar-refractivity contribution in [1.29, 1.82) is 0 Å². The van der Waals surface area contributed by atoms with Gasteiger partial charge in [-0.25, -0.2) is 0 Å². The molecule has 2 aromatic rings. The van der Waals surface area contributed by atoms with Gasteiger partial charge in [-0.05, 0) is 0 Å². The van der Waals surface area contributed by atoms with Gasteiger partial charge in [0, 0.05) is 0 Å². The molecule has 1 N–H and O–H groups in total. The summed E-state index contributed by atoms with van der Waals surface area (Å²) in [7, 11) is 0. The summed E-state index contributed by atoms with van der Waals surface area (Å²) in [5.41, 5.74) is 2.33. The second-order valence-corrected chi connectivity index (χ2v) is 15.9. The Bertz CT molecular complexity index is 1120. The Labute approximate surface area is 170 Å². The first-order valence-electron chi connectivity index (χ1n) is 8.60. The molecule has 3 heterocycles. The van der Waals surface area contributed by atoms with Crippen molar-refractivity contribution in [2.45, 2.75) is 12.6 Å². The van der Waals surface area contributed by atoms with Crippen LogP contribution in [-0.4, -0.2) is 32.6 Å². The third-order valence-electron chi connectivity index (χ3n) is 5.28. The van der Waals surface area contributed by atoms with Crippen LogP contribution in [0.25, 0.3) is 9.41 Å². The Morgan fingerprint density at radius 2 is 1.79 bits per heavy atom. The predicted molar refractivity (Wildman–Crippen MR) is 103 cm³/mol. The molecule has 0 atom stereocenters. The van der Waals surface area contributed by atoms with Gasteiger partial charge in [-0.2, -0.15) is 0 Å². The van der Waals surface area contributed by atoms with Crippen molar-refractivity contribution in [2.75, 3.05) is 0 Å². The Morgan fingerprint density at radius 3 is 2.39 bits per heavy atom. The van der Waals surface area contributed by atoms with Crippen molar-refractivity contribution < 1.29 is 22.8 Å². The summed E-state index contributed by atoms with van der Waals surface area (Å²) in [6, 6.07) is 11.3. The van der Waals surface area contributed by atoms with Crippen molar-refractivity contribution in [3.8, 4) is 0 Å². The summed E-state index contributed by atoms with van der Waals surface area (Å²) >= 11 is -1.77. The molecule has 4 bridgehead atoms. The van der Waals surface area contributed by atoms with Gasteiger partial charge >= 0.3 is 171 Å². The van der Waals surface area contributed by atoms with Crippen LogP contribution in [0.4, 0.5) is 18.0 Å². The van der Waals surface area contributed by atoms with Crippen molar-refractivity contribution >= 4 is 57.1 Å². The van der Waals surface area contributed by atoms with E-state index in [2.05, 4.69) is 17.5 Å². The molecule has 2 aromatic carbocycles. The Kier molecular flexibility index (Phi) is 4.07. The molecule has 138 valence electrons. The van der Waals surface area contributed by atoms with E-state index >= 15 is 0 Å². The first kappa shape index (κ1) is 18.1. The summed E-state index contributed by atoms with van der Waals surface area (Å²) in [5.74, 6) is -0.337. The molecule has 0 radical (unpaired) electrons. The van der Waals surface area contributed by atoms with E-state index in [0.29, 0.717) is 11.3 Å². The van der Waals surface area contributed by atoms with Crippen LogP contribution < -0.4 is 8.64 Å². The predicted octanol–water partition coefficient (Wildman–Crippen LogP) is 3.83. The van der Waals surface area contributed by atoms with Crippen LogP contribution in [-0.2, 0) is 17.4 Å². The van der Waals surface area contributed by atoms with Crippen LogP contribution in [0.5, 0.6) is 0 Å². The number of alkyl halides is 3. The molecule has 3 aliphatic rings. The van der Waals surface area contributed by atoms with Crippen molar-refractivity contribution in [3.05, 3.63) is 73.0 Å². The van der Waals surface area contributed by atoms with Crippen molar-refractivity contribution in [2.24, 2.45) is 0 Å². The van der Waals surface area contributed by atoms with Gasteiger partial charge in [-0.1, -0.05) is 0 Å². The van der Waals surface area contributed by atoms with E-state index in [0.717, 1.165) is 43.9 Å². The minimum absolute atomic E-state index is 0.337. The maximum atomic E-state index is 12.8. The van der Waals surface area contributed by atoms with E-state index in [4.69, 9.17) is 0 Å². The summed E-state index contributed by atoms with van der Waals surface area (Å²) < 4.78 is 41.9. The number of allylic oxidation sites excluding steroid dienone is 1. The molecule has 8 heteroatoms. The monoisotopic (exact) mass is 501 g/mol. The zero-order valence-corrected chi connectivity index (χ0v) is 18.4. The van der Waals surface area contributed by atoms with Crippen LogP contribution in [0.2, 0.25) is 0 Å². The second-order valence-electron chi connectivity index (χ2n) is 6.92. The van der Waals surface area contributed by atoms with Crippen molar-refractivity contribution in [1.82, 2.24) is 5.32 Å².